The minimum atomic E-state index is 0.360. The van der Waals surface area contributed by atoms with Gasteiger partial charge in [0.1, 0.15) is 5.75 Å². The lowest BCUT2D eigenvalue weighted by molar-refractivity contribution is -0.130. The number of hydrogen-bond donors (Lipinski definition) is 1. The molecule has 0 aromatic heterocycles. The molecule has 4 fully saturated rings. The largest absolute Gasteiger partial charge is 0.490 e. The van der Waals surface area contributed by atoms with Crippen LogP contribution in [0.1, 0.15) is 78.6 Å². The molecule has 1 aromatic rings. The standard InChI is InChI=1S/C28H42O2/c1-19(18-29)24-13-14-25-23-12-10-20-9-11-22(30-21-7-5-4-6-8-21)17-28(20,3)26(23)15-16-27(24,25)2/h4-8,19-20,22-26,29H,9-18H2,1-3H3/t19?,20?,22?,23-,24+,25-,26-,27+,28-/m0/s1. The van der Waals surface area contributed by atoms with E-state index in [2.05, 4.69) is 51.1 Å². The third-order valence-electron chi connectivity index (χ3n) is 10.7. The van der Waals surface area contributed by atoms with Gasteiger partial charge in [-0.3, -0.25) is 0 Å². The minimum absolute atomic E-state index is 0.360. The zero-order valence-corrected chi connectivity index (χ0v) is 19.4. The molecule has 0 amide bonds. The second-order valence-electron chi connectivity index (χ2n) is 11.9. The van der Waals surface area contributed by atoms with E-state index < -0.39 is 0 Å². The normalized spacial score (nSPS) is 46.4. The van der Waals surface area contributed by atoms with Crippen molar-refractivity contribution in [3.8, 4) is 5.75 Å². The molecule has 5 rings (SSSR count). The lowest BCUT2D eigenvalue weighted by atomic mass is 9.44. The zero-order chi connectivity index (χ0) is 20.9. The summed E-state index contributed by atoms with van der Waals surface area (Å²) in [4.78, 5) is 0. The van der Waals surface area contributed by atoms with Crippen molar-refractivity contribution in [2.24, 2.45) is 46.3 Å². The maximum absolute atomic E-state index is 9.86. The molecule has 2 heteroatoms. The van der Waals surface area contributed by atoms with Crippen molar-refractivity contribution in [3.63, 3.8) is 0 Å². The van der Waals surface area contributed by atoms with Crippen LogP contribution in [0.4, 0.5) is 0 Å². The molecule has 0 heterocycles. The zero-order valence-electron chi connectivity index (χ0n) is 19.4. The van der Waals surface area contributed by atoms with E-state index in [4.69, 9.17) is 4.74 Å². The van der Waals surface area contributed by atoms with E-state index in [-0.39, 0.29) is 0 Å². The number of aliphatic hydroxyl groups is 1. The Labute approximate surface area is 183 Å². The Morgan fingerprint density at radius 1 is 0.933 bits per heavy atom. The molecular weight excluding hydrogens is 368 g/mol. The highest BCUT2D eigenvalue weighted by molar-refractivity contribution is 5.21. The first kappa shape index (κ1) is 20.9. The van der Waals surface area contributed by atoms with Crippen molar-refractivity contribution < 1.29 is 9.84 Å². The number of para-hydroxylation sites is 1. The molecule has 9 atom stereocenters. The van der Waals surface area contributed by atoms with Crippen molar-refractivity contribution in [2.75, 3.05) is 6.61 Å². The van der Waals surface area contributed by atoms with Crippen molar-refractivity contribution in [1.82, 2.24) is 0 Å². The topological polar surface area (TPSA) is 29.5 Å². The summed E-state index contributed by atoms with van der Waals surface area (Å²) in [5.41, 5.74) is 0.906. The van der Waals surface area contributed by atoms with Gasteiger partial charge in [0.05, 0.1) is 6.10 Å². The summed E-state index contributed by atoms with van der Waals surface area (Å²) in [6.45, 7) is 7.88. The molecule has 0 radical (unpaired) electrons. The lowest BCUT2D eigenvalue weighted by Gasteiger charge is -2.61. The van der Waals surface area contributed by atoms with E-state index in [1.807, 2.05) is 0 Å². The number of aliphatic hydroxyl groups excluding tert-OH is 1. The molecule has 0 bridgehead atoms. The van der Waals surface area contributed by atoms with E-state index >= 15 is 0 Å². The summed E-state index contributed by atoms with van der Waals surface area (Å²) >= 11 is 0. The SMILES string of the molecule is CC(CO)[C@H]1CC[C@H]2[C@@H]3CCC4CCC(Oc5ccccc5)C[C@]4(C)[C@H]3CC[C@]12C. The molecule has 166 valence electrons. The molecule has 30 heavy (non-hydrogen) atoms. The number of rotatable bonds is 4. The highest BCUT2D eigenvalue weighted by Gasteiger charge is 2.60. The first-order valence-corrected chi connectivity index (χ1v) is 12.8. The van der Waals surface area contributed by atoms with E-state index in [1.165, 1.54) is 57.8 Å². The third-order valence-corrected chi connectivity index (χ3v) is 10.7. The Hall–Kier alpha value is -1.02. The van der Waals surface area contributed by atoms with Gasteiger partial charge in [-0.15, -0.1) is 0 Å². The van der Waals surface area contributed by atoms with Crippen LogP contribution in [-0.2, 0) is 0 Å². The van der Waals surface area contributed by atoms with Gasteiger partial charge in [-0.1, -0.05) is 39.0 Å². The van der Waals surface area contributed by atoms with Crippen LogP contribution in [0.5, 0.6) is 5.75 Å². The molecule has 0 saturated heterocycles. The second kappa shape index (κ2) is 7.84. The highest BCUT2D eigenvalue weighted by atomic mass is 16.5. The fraction of sp³-hybridized carbons (Fsp3) is 0.786. The molecule has 0 spiro atoms. The van der Waals surface area contributed by atoms with E-state index in [1.54, 1.807) is 0 Å². The number of benzene rings is 1. The Morgan fingerprint density at radius 2 is 1.67 bits per heavy atom. The van der Waals surface area contributed by atoms with Gasteiger partial charge < -0.3 is 9.84 Å². The van der Waals surface area contributed by atoms with Gasteiger partial charge in [0.15, 0.2) is 0 Å². The quantitative estimate of drug-likeness (QED) is 0.597. The van der Waals surface area contributed by atoms with Crippen molar-refractivity contribution in [2.45, 2.75) is 84.7 Å². The first-order chi connectivity index (χ1) is 14.5. The molecule has 4 aliphatic rings. The predicted molar refractivity (Wildman–Crippen MR) is 122 cm³/mol. The van der Waals surface area contributed by atoms with E-state index in [0.29, 0.717) is 29.5 Å². The third kappa shape index (κ3) is 3.24. The number of fused-ring (bicyclic) bond motifs is 5. The molecule has 3 unspecified atom stereocenters. The van der Waals surface area contributed by atoms with Gasteiger partial charge in [0.2, 0.25) is 0 Å². The van der Waals surface area contributed by atoms with Gasteiger partial charge in [0, 0.05) is 6.61 Å². The van der Waals surface area contributed by atoms with Gasteiger partial charge in [-0.2, -0.15) is 0 Å². The summed E-state index contributed by atoms with van der Waals surface area (Å²) in [6.07, 6.45) is 12.6. The number of hydrogen-bond acceptors (Lipinski definition) is 2. The Balaban J connectivity index is 1.35. The summed E-state index contributed by atoms with van der Waals surface area (Å²) in [7, 11) is 0. The van der Waals surface area contributed by atoms with E-state index in [0.717, 1.165) is 35.3 Å². The summed E-state index contributed by atoms with van der Waals surface area (Å²) in [6, 6.07) is 10.5. The second-order valence-corrected chi connectivity index (χ2v) is 11.9. The smallest absolute Gasteiger partial charge is 0.119 e. The number of ether oxygens (including phenoxy) is 1. The molecule has 1 aromatic carbocycles. The molecule has 4 aliphatic carbocycles. The van der Waals surface area contributed by atoms with Gasteiger partial charge in [0.25, 0.3) is 0 Å². The fourth-order valence-corrected chi connectivity index (χ4v) is 9.20. The van der Waals surface area contributed by atoms with Gasteiger partial charge in [-0.05, 0) is 116 Å². The summed E-state index contributed by atoms with van der Waals surface area (Å²) in [5, 5.41) is 9.86. The highest BCUT2D eigenvalue weighted by Crippen LogP contribution is 2.68. The molecule has 0 aliphatic heterocycles. The molecular formula is C28H42O2. The molecule has 4 saturated carbocycles. The molecule has 2 nitrogen and oxygen atoms in total. The fourth-order valence-electron chi connectivity index (χ4n) is 9.20. The maximum atomic E-state index is 9.86. The van der Waals surface area contributed by atoms with E-state index in [9.17, 15) is 5.11 Å². The lowest BCUT2D eigenvalue weighted by Crippen LogP contribution is -2.55. The predicted octanol–water partition coefficient (Wildman–Crippen LogP) is 6.72. The van der Waals surface area contributed by atoms with Crippen LogP contribution in [0.2, 0.25) is 0 Å². The first-order valence-electron chi connectivity index (χ1n) is 12.8. The summed E-state index contributed by atoms with van der Waals surface area (Å²) in [5.74, 6) is 5.78. The Morgan fingerprint density at radius 3 is 2.43 bits per heavy atom. The summed E-state index contributed by atoms with van der Waals surface area (Å²) < 4.78 is 6.49. The minimum Gasteiger partial charge on any atom is -0.490 e. The van der Waals surface area contributed by atoms with Crippen molar-refractivity contribution in [1.29, 1.82) is 0 Å². The average Bonchev–Trinajstić information content (AvgIpc) is 3.10. The average molecular weight is 411 g/mol. The monoisotopic (exact) mass is 410 g/mol. The van der Waals surface area contributed by atoms with Crippen LogP contribution in [-0.4, -0.2) is 17.8 Å². The van der Waals surface area contributed by atoms with Gasteiger partial charge >= 0.3 is 0 Å². The van der Waals surface area contributed by atoms with Crippen LogP contribution in [0.15, 0.2) is 30.3 Å². The van der Waals surface area contributed by atoms with Gasteiger partial charge in [-0.25, -0.2) is 0 Å². The van der Waals surface area contributed by atoms with Crippen molar-refractivity contribution in [3.05, 3.63) is 30.3 Å². The van der Waals surface area contributed by atoms with Crippen LogP contribution < -0.4 is 4.74 Å². The Bertz CT molecular complexity index is 731. The molecule has 1 N–H and O–H groups in total. The van der Waals surface area contributed by atoms with Crippen LogP contribution in [0.25, 0.3) is 0 Å². The Kier molecular flexibility index (Phi) is 5.45. The van der Waals surface area contributed by atoms with Crippen molar-refractivity contribution >= 4 is 0 Å². The van der Waals surface area contributed by atoms with Crippen LogP contribution >= 0.6 is 0 Å². The van der Waals surface area contributed by atoms with Crippen LogP contribution in [0, 0.1) is 46.3 Å². The maximum Gasteiger partial charge on any atom is 0.119 e. The van der Waals surface area contributed by atoms with Crippen LogP contribution in [0.3, 0.4) is 0 Å².